The van der Waals surface area contributed by atoms with Gasteiger partial charge in [0.1, 0.15) is 11.6 Å². The van der Waals surface area contributed by atoms with E-state index in [2.05, 4.69) is 10.6 Å². The van der Waals surface area contributed by atoms with Crippen molar-refractivity contribution in [1.29, 1.82) is 0 Å². The van der Waals surface area contributed by atoms with Crippen LogP contribution in [0.4, 0.5) is 21.5 Å². The van der Waals surface area contributed by atoms with Crippen LogP contribution in [0.5, 0.6) is 5.75 Å². The summed E-state index contributed by atoms with van der Waals surface area (Å²) in [5.41, 5.74) is -0.0344. The summed E-state index contributed by atoms with van der Waals surface area (Å²) in [6.07, 6.45) is 0. The molecule has 0 radical (unpaired) electrons. The van der Waals surface area contributed by atoms with E-state index in [-0.39, 0.29) is 27.8 Å². The van der Waals surface area contributed by atoms with Crippen LogP contribution in [-0.2, 0) is 9.59 Å². The smallest absolute Gasteiger partial charge is 0.314 e. The number of halogens is 2. The summed E-state index contributed by atoms with van der Waals surface area (Å²) in [6.45, 7) is 0. The van der Waals surface area contributed by atoms with E-state index in [1.54, 1.807) is 0 Å². The van der Waals surface area contributed by atoms with E-state index in [1.165, 1.54) is 19.2 Å². The predicted molar refractivity (Wildman–Crippen MR) is 88.3 cm³/mol. The number of nitro groups is 1. The normalized spacial score (nSPS) is 10.0. The number of nitro benzene ring substituents is 1. The summed E-state index contributed by atoms with van der Waals surface area (Å²) >= 11 is 5.59. The first kappa shape index (κ1) is 18.1. The lowest BCUT2D eigenvalue weighted by Gasteiger charge is -2.10. The molecule has 2 N–H and O–H groups in total. The van der Waals surface area contributed by atoms with E-state index in [0.717, 1.165) is 24.3 Å². The van der Waals surface area contributed by atoms with Crippen molar-refractivity contribution in [2.45, 2.75) is 0 Å². The van der Waals surface area contributed by atoms with Crippen LogP contribution in [0.2, 0.25) is 5.02 Å². The third-order valence-corrected chi connectivity index (χ3v) is 3.32. The molecule has 0 saturated carbocycles. The highest BCUT2D eigenvalue weighted by Crippen LogP contribution is 2.29. The first-order valence-electron chi connectivity index (χ1n) is 6.71. The number of benzene rings is 2. The highest BCUT2D eigenvalue weighted by Gasteiger charge is 2.18. The molecule has 10 heteroatoms. The maximum absolute atomic E-state index is 13.1. The van der Waals surface area contributed by atoms with E-state index in [9.17, 15) is 24.1 Å². The van der Waals surface area contributed by atoms with E-state index in [4.69, 9.17) is 16.3 Å². The number of amides is 2. The standard InChI is InChI=1S/C15H11ClFN3O5/c1-25-13-7-9(20(23)24)3-5-12(13)19-15(22)14(21)18-8-2-4-11(17)10(16)6-8/h2-7H,1H3,(H,18,21)(H,19,22). The number of hydrogen-bond donors (Lipinski definition) is 2. The zero-order valence-corrected chi connectivity index (χ0v) is 13.5. The molecule has 2 amide bonds. The van der Waals surface area contributed by atoms with E-state index >= 15 is 0 Å². The summed E-state index contributed by atoms with van der Waals surface area (Å²) in [4.78, 5) is 33.9. The molecule has 0 unspecified atom stereocenters. The Morgan fingerprint density at radius 1 is 1.16 bits per heavy atom. The molecule has 0 spiro atoms. The number of non-ortho nitro benzene ring substituents is 1. The summed E-state index contributed by atoms with van der Waals surface area (Å²) in [5.74, 6) is -2.74. The fourth-order valence-electron chi connectivity index (χ4n) is 1.84. The van der Waals surface area contributed by atoms with Crippen LogP contribution in [0, 0.1) is 15.9 Å². The lowest BCUT2D eigenvalue weighted by Crippen LogP contribution is -2.29. The molecule has 2 aromatic carbocycles. The molecule has 0 fully saturated rings. The molecule has 0 heterocycles. The van der Waals surface area contributed by atoms with Crippen LogP contribution >= 0.6 is 11.6 Å². The van der Waals surface area contributed by atoms with Crippen molar-refractivity contribution >= 4 is 40.5 Å². The molecular formula is C15H11ClFN3O5. The molecule has 0 bridgehead atoms. The largest absolute Gasteiger partial charge is 0.494 e. The van der Waals surface area contributed by atoms with Gasteiger partial charge in [-0.25, -0.2) is 4.39 Å². The number of nitrogens with one attached hydrogen (secondary N) is 2. The Bertz CT molecular complexity index is 859. The van der Waals surface area contributed by atoms with Gasteiger partial charge >= 0.3 is 11.8 Å². The monoisotopic (exact) mass is 367 g/mol. The Labute approximate surface area is 145 Å². The third-order valence-electron chi connectivity index (χ3n) is 3.03. The summed E-state index contributed by atoms with van der Waals surface area (Å²) in [6, 6.07) is 6.91. The van der Waals surface area contributed by atoms with Gasteiger partial charge in [-0.1, -0.05) is 11.6 Å². The van der Waals surface area contributed by atoms with Gasteiger partial charge in [0.25, 0.3) is 5.69 Å². The fraction of sp³-hybridized carbons (Fsp3) is 0.0667. The number of carbonyl (C=O) groups is 2. The number of ether oxygens (including phenoxy) is 1. The Morgan fingerprint density at radius 3 is 2.44 bits per heavy atom. The quantitative estimate of drug-likeness (QED) is 0.490. The Morgan fingerprint density at radius 2 is 1.84 bits per heavy atom. The van der Waals surface area contributed by atoms with Crippen molar-refractivity contribution in [2.24, 2.45) is 0 Å². The lowest BCUT2D eigenvalue weighted by molar-refractivity contribution is -0.384. The van der Waals surface area contributed by atoms with Gasteiger partial charge in [-0.15, -0.1) is 0 Å². The second kappa shape index (κ2) is 7.58. The second-order valence-electron chi connectivity index (χ2n) is 4.68. The zero-order valence-electron chi connectivity index (χ0n) is 12.7. The first-order valence-corrected chi connectivity index (χ1v) is 7.09. The van der Waals surface area contributed by atoms with Gasteiger partial charge in [0.05, 0.1) is 28.8 Å². The number of methoxy groups -OCH3 is 1. The minimum absolute atomic E-state index is 0.0141. The fourth-order valence-corrected chi connectivity index (χ4v) is 2.02. The molecular weight excluding hydrogens is 357 g/mol. The molecule has 25 heavy (non-hydrogen) atoms. The van der Waals surface area contributed by atoms with E-state index < -0.39 is 22.6 Å². The summed E-state index contributed by atoms with van der Waals surface area (Å²) in [5, 5.41) is 15.0. The van der Waals surface area contributed by atoms with Gasteiger partial charge in [0.15, 0.2) is 0 Å². The van der Waals surface area contributed by atoms with Crippen LogP contribution in [-0.4, -0.2) is 23.8 Å². The minimum Gasteiger partial charge on any atom is -0.494 e. The van der Waals surface area contributed by atoms with Crippen LogP contribution in [0.25, 0.3) is 0 Å². The van der Waals surface area contributed by atoms with Crippen LogP contribution in [0.1, 0.15) is 0 Å². The van der Waals surface area contributed by atoms with Crippen LogP contribution in [0.15, 0.2) is 36.4 Å². The molecule has 0 aliphatic rings. The van der Waals surface area contributed by atoms with Crippen molar-refractivity contribution in [3.63, 3.8) is 0 Å². The number of carbonyl (C=O) groups excluding carboxylic acids is 2. The van der Waals surface area contributed by atoms with Crippen molar-refractivity contribution in [3.8, 4) is 5.75 Å². The van der Waals surface area contributed by atoms with Crippen LogP contribution < -0.4 is 15.4 Å². The average molecular weight is 368 g/mol. The van der Waals surface area contributed by atoms with Crippen molar-refractivity contribution < 1.29 is 23.6 Å². The Hall–Kier alpha value is -3.20. The first-order chi connectivity index (χ1) is 11.8. The number of hydrogen-bond acceptors (Lipinski definition) is 5. The summed E-state index contributed by atoms with van der Waals surface area (Å²) < 4.78 is 18.0. The number of anilines is 2. The summed E-state index contributed by atoms with van der Waals surface area (Å²) in [7, 11) is 1.26. The predicted octanol–water partition coefficient (Wildman–Crippen LogP) is 2.97. The maximum atomic E-state index is 13.1. The van der Waals surface area contributed by atoms with E-state index in [1.807, 2.05) is 0 Å². The van der Waals surface area contributed by atoms with Gasteiger partial charge in [-0.3, -0.25) is 19.7 Å². The zero-order chi connectivity index (χ0) is 18.6. The highest BCUT2D eigenvalue weighted by molar-refractivity contribution is 6.44. The molecule has 0 atom stereocenters. The van der Waals surface area contributed by atoms with E-state index in [0.29, 0.717) is 0 Å². The molecule has 8 nitrogen and oxygen atoms in total. The number of nitrogens with zero attached hydrogens (tertiary/aromatic N) is 1. The second-order valence-corrected chi connectivity index (χ2v) is 5.09. The van der Waals surface area contributed by atoms with Crippen molar-refractivity contribution in [2.75, 3.05) is 17.7 Å². The van der Waals surface area contributed by atoms with Gasteiger partial charge in [-0.2, -0.15) is 0 Å². The van der Waals surface area contributed by atoms with Gasteiger partial charge in [0, 0.05) is 11.8 Å². The molecule has 2 aromatic rings. The molecule has 0 aliphatic carbocycles. The topological polar surface area (TPSA) is 111 Å². The molecule has 2 rings (SSSR count). The Kier molecular flexibility index (Phi) is 5.50. The molecule has 0 saturated heterocycles. The lowest BCUT2D eigenvalue weighted by atomic mass is 10.2. The van der Waals surface area contributed by atoms with Crippen molar-refractivity contribution in [1.82, 2.24) is 0 Å². The molecule has 0 aromatic heterocycles. The van der Waals surface area contributed by atoms with Gasteiger partial charge in [0.2, 0.25) is 0 Å². The molecule has 130 valence electrons. The SMILES string of the molecule is COc1cc([N+](=O)[O-])ccc1NC(=O)C(=O)Nc1ccc(F)c(Cl)c1. The molecule has 0 aliphatic heterocycles. The average Bonchev–Trinajstić information content (AvgIpc) is 2.58. The maximum Gasteiger partial charge on any atom is 0.314 e. The minimum atomic E-state index is -1.05. The van der Waals surface area contributed by atoms with Crippen LogP contribution in [0.3, 0.4) is 0 Å². The third kappa shape index (κ3) is 4.42. The Balaban J connectivity index is 2.11. The number of rotatable bonds is 4. The van der Waals surface area contributed by atoms with Gasteiger partial charge < -0.3 is 15.4 Å². The van der Waals surface area contributed by atoms with Gasteiger partial charge in [-0.05, 0) is 24.3 Å². The van der Waals surface area contributed by atoms with Crippen molar-refractivity contribution in [3.05, 3.63) is 57.4 Å². The highest BCUT2D eigenvalue weighted by atomic mass is 35.5.